The first-order valence-electron chi connectivity index (χ1n) is 10.7. The Labute approximate surface area is 180 Å². The molecule has 0 spiro atoms. The molecule has 3 rings (SSSR count). The summed E-state index contributed by atoms with van der Waals surface area (Å²) >= 11 is 0. The summed E-state index contributed by atoms with van der Waals surface area (Å²) in [4.78, 5) is 48.0. The van der Waals surface area contributed by atoms with Crippen LogP contribution in [-0.4, -0.2) is 51.7 Å². The fourth-order valence-electron chi connectivity index (χ4n) is 4.01. The zero-order chi connectivity index (χ0) is 22.5. The number of H-pyrrole nitrogens is 1. The number of rotatable bonds is 8. The Kier molecular flexibility index (Phi) is 7.25. The summed E-state index contributed by atoms with van der Waals surface area (Å²) in [5, 5.41) is 0. The van der Waals surface area contributed by atoms with E-state index < -0.39 is 18.2 Å². The number of carbonyl (C=O) groups is 3. The minimum Gasteiger partial charge on any atom is -0.465 e. The molecule has 1 aliphatic carbocycles. The summed E-state index contributed by atoms with van der Waals surface area (Å²) in [6.45, 7) is 7.09. The van der Waals surface area contributed by atoms with Crippen LogP contribution in [-0.2, 0) is 28.6 Å². The number of esters is 3. The van der Waals surface area contributed by atoms with Gasteiger partial charge in [0.1, 0.15) is 18.5 Å². The Morgan fingerprint density at radius 1 is 1.00 bits per heavy atom. The fourth-order valence-corrected chi connectivity index (χ4v) is 4.01. The van der Waals surface area contributed by atoms with Crippen LogP contribution in [0.5, 0.6) is 0 Å². The zero-order valence-corrected chi connectivity index (χ0v) is 18.3. The van der Waals surface area contributed by atoms with E-state index in [0.717, 1.165) is 22.3 Å². The van der Waals surface area contributed by atoms with E-state index in [2.05, 4.69) is 15.0 Å². The molecule has 2 aromatic rings. The highest BCUT2D eigenvalue weighted by molar-refractivity contribution is 5.81. The van der Waals surface area contributed by atoms with Crippen LogP contribution >= 0.6 is 0 Å². The SMILES string of the molecule is CCC(=O)OC[C@H]1C[C@@H](c2c[nH]c3c(C)ncnc23)[C@H](OC(=O)CC)[C@@H]1OC(=O)CC. The lowest BCUT2D eigenvalue weighted by Gasteiger charge is -2.26. The first-order chi connectivity index (χ1) is 14.9. The number of nitrogens with one attached hydrogen (secondary N) is 1. The molecule has 1 aliphatic rings. The Hall–Kier alpha value is -2.97. The first-order valence-corrected chi connectivity index (χ1v) is 10.7. The molecule has 168 valence electrons. The quantitative estimate of drug-likeness (QED) is 0.500. The number of aromatic nitrogens is 3. The van der Waals surface area contributed by atoms with Crippen LogP contribution in [0.4, 0.5) is 0 Å². The molecule has 1 N–H and O–H groups in total. The topological polar surface area (TPSA) is 120 Å². The van der Waals surface area contributed by atoms with Crippen LogP contribution in [0.3, 0.4) is 0 Å². The number of ether oxygens (including phenoxy) is 3. The molecule has 0 aromatic carbocycles. The van der Waals surface area contributed by atoms with Gasteiger partial charge in [-0.1, -0.05) is 20.8 Å². The Balaban J connectivity index is 1.99. The van der Waals surface area contributed by atoms with Crippen LogP contribution in [0.2, 0.25) is 0 Å². The van der Waals surface area contributed by atoms with Crippen molar-refractivity contribution >= 4 is 28.9 Å². The number of hydrogen-bond donors (Lipinski definition) is 1. The molecule has 0 radical (unpaired) electrons. The second-order valence-electron chi connectivity index (χ2n) is 7.68. The van der Waals surface area contributed by atoms with Crippen molar-refractivity contribution in [3.8, 4) is 0 Å². The number of hydrogen-bond acceptors (Lipinski definition) is 8. The number of aromatic amines is 1. The molecule has 0 amide bonds. The van der Waals surface area contributed by atoms with Gasteiger partial charge in [0.05, 0.1) is 23.3 Å². The molecule has 9 heteroatoms. The highest BCUT2D eigenvalue weighted by Crippen LogP contribution is 2.44. The lowest BCUT2D eigenvalue weighted by atomic mass is 9.96. The predicted octanol–water partition coefficient (Wildman–Crippen LogP) is 2.97. The summed E-state index contributed by atoms with van der Waals surface area (Å²) < 4.78 is 16.9. The van der Waals surface area contributed by atoms with Gasteiger partial charge in [0.15, 0.2) is 0 Å². The first kappa shape index (κ1) is 22.7. The van der Waals surface area contributed by atoms with E-state index in [4.69, 9.17) is 14.2 Å². The van der Waals surface area contributed by atoms with Gasteiger partial charge in [-0.15, -0.1) is 0 Å². The average Bonchev–Trinajstić information content (AvgIpc) is 3.34. The molecule has 0 unspecified atom stereocenters. The number of fused-ring (bicyclic) bond motifs is 1. The predicted molar refractivity (Wildman–Crippen MR) is 111 cm³/mol. The molecule has 4 atom stereocenters. The van der Waals surface area contributed by atoms with Crippen molar-refractivity contribution in [3.05, 3.63) is 23.8 Å². The highest BCUT2D eigenvalue weighted by atomic mass is 16.6. The lowest BCUT2D eigenvalue weighted by molar-refractivity contribution is -0.170. The van der Waals surface area contributed by atoms with Gasteiger partial charge in [0.2, 0.25) is 0 Å². The second kappa shape index (κ2) is 9.89. The van der Waals surface area contributed by atoms with E-state index in [-0.39, 0.29) is 49.6 Å². The smallest absolute Gasteiger partial charge is 0.305 e. The fraction of sp³-hybridized carbons (Fsp3) is 0.591. The van der Waals surface area contributed by atoms with Crippen LogP contribution in [0, 0.1) is 12.8 Å². The molecule has 0 bridgehead atoms. The molecule has 2 heterocycles. The molecule has 31 heavy (non-hydrogen) atoms. The standard InChI is InChI=1S/C22H29N3O6/c1-5-16(26)29-10-13-8-14(15-9-23-19-12(4)24-11-25-20(15)19)22(31-18(28)7-3)21(13)30-17(27)6-2/h9,11,13-14,21-23H,5-8,10H2,1-4H3/t13-,14+,21-,22+/m1/s1. The minimum absolute atomic E-state index is 0.0847. The van der Waals surface area contributed by atoms with Crippen LogP contribution in [0.25, 0.3) is 11.0 Å². The van der Waals surface area contributed by atoms with Gasteiger partial charge < -0.3 is 19.2 Å². The zero-order valence-electron chi connectivity index (χ0n) is 18.3. The monoisotopic (exact) mass is 431 g/mol. The van der Waals surface area contributed by atoms with E-state index in [9.17, 15) is 14.4 Å². The van der Waals surface area contributed by atoms with Crippen LogP contribution in [0.15, 0.2) is 12.5 Å². The summed E-state index contributed by atoms with van der Waals surface area (Å²) in [6.07, 6.45) is 3.06. The van der Waals surface area contributed by atoms with Crippen molar-refractivity contribution < 1.29 is 28.6 Å². The maximum Gasteiger partial charge on any atom is 0.305 e. The number of carbonyl (C=O) groups excluding carboxylic acids is 3. The van der Waals surface area contributed by atoms with Crippen LogP contribution in [0.1, 0.15) is 63.6 Å². The summed E-state index contributed by atoms with van der Waals surface area (Å²) in [5.74, 6) is -1.70. The average molecular weight is 431 g/mol. The van der Waals surface area contributed by atoms with Crippen molar-refractivity contribution in [2.75, 3.05) is 6.61 Å². The Morgan fingerprint density at radius 2 is 1.65 bits per heavy atom. The van der Waals surface area contributed by atoms with E-state index in [1.807, 2.05) is 13.1 Å². The van der Waals surface area contributed by atoms with Crippen molar-refractivity contribution in [1.29, 1.82) is 0 Å². The van der Waals surface area contributed by atoms with Gasteiger partial charge in [-0.3, -0.25) is 14.4 Å². The van der Waals surface area contributed by atoms with Crippen LogP contribution < -0.4 is 0 Å². The Bertz CT molecular complexity index is 956. The highest BCUT2D eigenvalue weighted by Gasteiger charge is 2.49. The van der Waals surface area contributed by atoms with Crippen molar-refractivity contribution in [2.24, 2.45) is 5.92 Å². The third-order valence-electron chi connectivity index (χ3n) is 5.68. The molecule has 2 aromatic heterocycles. The maximum absolute atomic E-state index is 12.2. The van der Waals surface area contributed by atoms with E-state index in [1.54, 1.807) is 20.8 Å². The number of nitrogens with zero attached hydrogens (tertiary/aromatic N) is 2. The van der Waals surface area contributed by atoms with Gasteiger partial charge in [0.25, 0.3) is 0 Å². The Morgan fingerprint density at radius 3 is 2.29 bits per heavy atom. The maximum atomic E-state index is 12.2. The molecule has 0 saturated heterocycles. The normalized spacial score (nSPS) is 23.0. The van der Waals surface area contributed by atoms with Gasteiger partial charge in [0, 0.05) is 42.9 Å². The van der Waals surface area contributed by atoms with E-state index >= 15 is 0 Å². The molecule has 1 saturated carbocycles. The number of aryl methyl sites for hydroxylation is 1. The third-order valence-corrected chi connectivity index (χ3v) is 5.68. The van der Waals surface area contributed by atoms with Gasteiger partial charge in [-0.25, -0.2) is 9.97 Å². The van der Waals surface area contributed by atoms with Gasteiger partial charge >= 0.3 is 17.9 Å². The van der Waals surface area contributed by atoms with Gasteiger partial charge in [-0.05, 0) is 13.3 Å². The van der Waals surface area contributed by atoms with Crippen molar-refractivity contribution in [1.82, 2.24) is 15.0 Å². The minimum atomic E-state index is -0.717. The van der Waals surface area contributed by atoms with Crippen molar-refractivity contribution in [3.63, 3.8) is 0 Å². The molecule has 9 nitrogen and oxygen atoms in total. The van der Waals surface area contributed by atoms with Gasteiger partial charge in [-0.2, -0.15) is 0 Å². The third kappa shape index (κ3) is 4.86. The van der Waals surface area contributed by atoms with Crippen molar-refractivity contribution in [2.45, 2.75) is 71.5 Å². The summed E-state index contributed by atoms with van der Waals surface area (Å²) in [6, 6.07) is 0. The largest absolute Gasteiger partial charge is 0.465 e. The summed E-state index contributed by atoms with van der Waals surface area (Å²) in [7, 11) is 0. The summed E-state index contributed by atoms with van der Waals surface area (Å²) in [5.41, 5.74) is 3.21. The van der Waals surface area contributed by atoms with E-state index in [0.29, 0.717) is 6.42 Å². The van der Waals surface area contributed by atoms with E-state index in [1.165, 1.54) is 6.33 Å². The molecular formula is C22H29N3O6. The second-order valence-corrected chi connectivity index (χ2v) is 7.68. The molecular weight excluding hydrogens is 402 g/mol. The molecule has 1 fully saturated rings. The molecule has 0 aliphatic heterocycles. The lowest BCUT2D eigenvalue weighted by Crippen LogP contribution is -2.38.